The quantitative estimate of drug-likeness (QED) is 0.0372. The molecule has 1 fully saturated rings. The van der Waals surface area contributed by atoms with Crippen molar-refractivity contribution in [2.75, 3.05) is 32.9 Å². The van der Waals surface area contributed by atoms with Crippen LogP contribution in [0.3, 0.4) is 0 Å². The minimum Gasteiger partial charge on any atom is -0.466 e. The van der Waals surface area contributed by atoms with Crippen molar-refractivity contribution in [1.82, 2.24) is 5.32 Å². The Hall–Kier alpha value is -1.63. The fourth-order valence-electron chi connectivity index (χ4n) is 8.75. The maximum Gasteiger partial charge on any atom is 0.309 e. The maximum atomic E-state index is 12.8. The number of nitrogens with one attached hydrogen (secondary N) is 1. The second-order valence-corrected chi connectivity index (χ2v) is 18.2. The summed E-state index contributed by atoms with van der Waals surface area (Å²) in [7, 11) is 0. The van der Waals surface area contributed by atoms with Gasteiger partial charge in [-0.25, -0.2) is 0 Å². The van der Waals surface area contributed by atoms with Gasteiger partial charge in [-0.3, -0.25) is 14.4 Å². The minimum atomic E-state index is -0.0265. The number of rotatable bonds is 42. The summed E-state index contributed by atoms with van der Waals surface area (Å²) in [5.41, 5.74) is 0. The predicted octanol–water partition coefficient (Wildman–Crippen LogP) is 14.4. The maximum absolute atomic E-state index is 12.8. The number of carbonyl (C=O) groups excluding carboxylic acids is 3. The number of hydrogen-bond acceptors (Lipinski definition) is 7. The van der Waals surface area contributed by atoms with Gasteiger partial charge >= 0.3 is 17.9 Å². The first-order chi connectivity index (χ1) is 28.4. The molecule has 0 aromatic rings. The van der Waals surface area contributed by atoms with Crippen molar-refractivity contribution >= 4 is 17.9 Å². The highest BCUT2D eigenvalue weighted by atomic mass is 16.5. The number of hydrogen-bond donors (Lipinski definition) is 1. The molecule has 0 spiro atoms. The van der Waals surface area contributed by atoms with E-state index in [-0.39, 0.29) is 23.8 Å². The van der Waals surface area contributed by atoms with Crippen LogP contribution in [0.2, 0.25) is 0 Å². The Kier molecular flexibility index (Phi) is 38.2. The molecule has 342 valence electrons. The molecule has 58 heavy (non-hydrogen) atoms. The second-order valence-electron chi connectivity index (χ2n) is 18.2. The van der Waals surface area contributed by atoms with E-state index < -0.39 is 0 Å². The van der Waals surface area contributed by atoms with Gasteiger partial charge in [0.05, 0.1) is 25.7 Å². The van der Waals surface area contributed by atoms with E-state index >= 15 is 0 Å². The smallest absolute Gasteiger partial charge is 0.309 e. The van der Waals surface area contributed by atoms with Crippen LogP contribution in [0.1, 0.15) is 252 Å². The molecule has 2 unspecified atom stereocenters. The lowest BCUT2D eigenvalue weighted by Crippen LogP contribution is -2.33. The third-order valence-corrected chi connectivity index (χ3v) is 12.8. The molecule has 1 saturated heterocycles. The average molecular weight is 820 g/mol. The van der Waals surface area contributed by atoms with Gasteiger partial charge in [0.15, 0.2) is 0 Å². The zero-order valence-electron chi connectivity index (χ0n) is 39.0. The van der Waals surface area contributed by atoms with E-state index in [2.05, 4.69) is 33.0 Å². The molecular formula is C51H97NO6. The molecule has 7 nitrogen and oxygen atoms in total. The average Bonchev–Trinajstić information content (AvgIpc) is 3.23. The SMILES string of the molecule is CCCCCCC(CCCCC)CCOC(=O)CCCCCCCC(CCCCCCCC(=O)OCCC(CCCCC)CCCCC)COC(=O)C1CCNCC1. The van der Waals surface area contributed by atoms with Crippen molar-refractivity contribution in [3.05, 3.63) is 0 Å². The fraction of sp³-hybridized carbons (Fsp3) is 0.941. The highest BCUT2D eigenvalue weighted by molar-refractivity contribution is 5.72. The molecule has 1 aliphatic heterocycles. The summed E-state index contributed by atoms with van der Waals surface area (Å²) in [6.07, 6.45) is 39.7. The number of piperidine rings is 1. The fourth-order valence-corrected chi connectivity index (χ4v) is 8.75. The lowest BCUT2D eigenvalue weighted by atomic mass is 9.92. The Balaban J connectivity index is 2.30. The largest absolute Gasteiger partial charge is 0.466 e. The molecule has 0 aromatic heterocycles. The van der Waals surface area contributed by atoms with Gasteiger partial charge in [0.1, 0.15) is 0 Å². The summed E-state index contributed by atoms with van der Waals surface area (Å²) in [5.74, 6) is 1.78. The first-order valence-electron chi connectivity index (χ1n) is 25.6. The summed E-state index contributed by atoms with van der Waals surface area (Å²) in [5, 5.41) is 3.34. The van der Waals surface area contributed by atoms with Crippen LogP contribution in [0.15, 0.2) is 0 Å². The molecule has 1 rings (SSSR count). The lowest BCUT2D eigenvalue weighted by Gasteiger charge is -2.23. The summed E-state index contributed by atoms with van der Waals surface area (Å²) in [4.78, 5) is 37.7. The molecule has 7 heteroatoms. The van der Waals surface area contributed by atoms with Gasteiger partial charge in [0.2, 0.25) is 0 Å². The van der Waals surface area contributed by atoms with E-state index in [1.165, 1.54) is 109 Å². The predicted molar refractivity (Wildman–Crippen MR) is 244 cm³/mol. The molecule has 0 aliphatic carbocycles. The van der Waals surface area contributed by atoms with Gasteiger partial charge in [0.25, 0.3) is 0 Å². The Labute approximate surface area is 359 Å². The first-order valence-corrected chi connectivity index (χ1v) is 25.6. The molecule has 0 bridgehead atoms. The van der Waals surface area contributed by atoms with Gasteiger partial charge in [-0.05, 0) is 82.2 Å². The van der Waals surface area contributed by atoms with Crippen molar-refractivity contribution in [2.45, 2.75) is 252 Å². The minimum absolute atomic E-state index is 0.00670. The molecule has 2 atom stereocenters. The van der Waals surface area contributed by atoms with Crippen molar-refractivity contribution < 1.29 is 28.6 Å². The summed E-state index contributed by atoms with van der Waals surface area (Å²) in [6, 6.07) is 0. The number of esters is 3. The van der Waals surface area contributed by atoms with Crippen LogP contribution in [0, 0.1) is 23.7 Å². The van der Waals surface area contributed by atoms with Crippen molar-refractivity contribution in [2.24, 2.45) is 23.7 Å². The topological polar surface area (TPSA) is 90.9 Å². The first kappa shape index (κ1) is 54.4. The molecule has 1 aliphatic rings. The Morgan fingerprint density at radius 3 is 1.21 bits per heavy atom. The van der Waals surface area contributed by atoms with E-state index in [4.69, 9.17) is 14.2 Å². The molecular weight excluding hydrogens is 723 g/mol. The lowest BCUT2D eigenvalue weighted by molar-refractivity contribution is -0.151. The van der Waals surface area contributed by atoms with Gasteiger partial charge in [-0.15, -0.1) is 0 Å². The molecule has 0 saturated carbocycles. The Morgan fingerprint density at radius 2 is 0.776 bits per heavy atom. The summed E-state index contributed by atoms with van der Waals surface area (Å²) >= 11 is 0. The molecule has 0 amide bonds. The van der Waals surface area contributed by atoms with Gasteiger partial charge in [-0.1, -0.05) is 188 Å². The zero-order valence-corrected chi connectivity index (χ0v) is 39.0. The van der Waals surface area contributed by atoms with E-state index in [9.17, 15) is 14.4 Å². The van der Waals surface area contributed by atoms with Crippen molar-refractivity contribution in [1.29, 1.82) is 0 Å². The van der Waals surface area contributed by atoms with Crippen LogP contribution in [-0.4, -0.2) is 50.8 Å². The van der Waals surface area contributed by atoms with E-state index in [1.54, 1.807) is 0 Å². The zero-order chi connectivity index (χ0) is 42.2. The highest BCUT2D eigenvalue weighted by Crippen LogP contribution is 2.24. The van der Waals surface area contributed by atoms with Crippen LogP contribution in [0.25, 0.3) is 0 Å². The van der Waals surface area contributed by atoms with E-state index in [1.807, 2.05) is 0 Å². The van der Waals surface area contributed by atoms with E-state index in [0.29, 0.717) is 50.4 Å². The summed E-state index contributed by atoms with van der Waals surface area (Å²) < 4.78 is 17.2. The third kappa shape index (κ3) is 33.1. The van der Waals surface area contributed by atoms with Crippen LogP contribution >= 0.6 is 0 Å². The van der Waals surface area contributed by atoms with E-state index in [0.717, 1.165) is 116 Å². The molecule has 0 radical (unpaired) electrons. The number of ether oxygens (including phenoxy) is 3. The van der Waals surface area contributed by atoms with Crippen LogP contribution in [-0.2, 0) is 28.6 Å². The van der Waals surface area contributed by atoms with Crippen LogP contribution in [0.4, 0.5) is 0 Å². The van der Waals surface area contributed by atoms with Gasteiger partial charge < -0.3 is 19.5 Å². The number of carbonyl (C=O) groups is 3. The van der Waals surface area contributed by atoms with Crippen LogP contribution in [0.5, 0.6) is 0 Å². The Bertz CT molecular complexity index is 926. The van der Waals surface area contributed by atoms with Gasteiger partial charge in [-0.2, -0.15) is 0 Å². The standard InChI is InChI=1S/C51H97NO6/c1-5-9-13-23-31-46(30-22-12-8-4)39-43-57-50(54)35-27-19-15-17-25-33-47(44-58-51(55)48-36-40-52-41-37-48)32-24-16-14-18-26-34-49(53)56-42-38-45(28-20-10-6-2)29-21-11-7-3/h45-48,52H,5-44H2,1-4H3. The Morgan fingerprint density at radius 1 is 0.431 bits per heavy atom. The van der Waals surface area contributed by atoms with Crippen LogP contribution < -0.4 is 5.32 Å². The molecule has 0 aromatic carbocycles. The molecule has 1 heterocycles. The molecule has 1 N–H and O–H groups in total. The highest BCUT2D eigenvalue weighted by Gasteiger charge is 2.23. The van der Waals surface area contributed by atoms with Crippen molar-refractivity contribution in [3.63, 3.8) is 0 Å². The van der Waals surface area contributed by atoms with Gasteiger partial charge in [0, 0.05) is 12.8 Å². The third-order valence-electron chi connectivity index (χ3n) is 12.8. The normalized spacial score (nSPS) is 14.4. The number of unbranched alkanes of at least 4 members (excludes halogenated alkanes) is 17. The van der Waals surface area contributed by atoms with Crippen molar-refractivity contribution in [3.8, 4) is 0 Å². The second kappa shape index (κ2) is 40.8. The summed E-state index contributed by atoms with van der Waals surface area (Å²) in [6.45, 7) is 12.6. The monoisotopic (exact) mass is 820 g/mol.